The van der Waals surface area contributed by atoms with Gasteiger partial charge in [0.25, 0.3) is 0 Å². The van der Waals surface area contributed by atoms with Gasteiger partial charge in [-0.2, -0.15) is 0 Å². The van der Waals surface area contributed by atoms with Crippen molar-refractivity contribution >= 4 is 0 Å². The number of nitrogens with zero attached hydrogens (tertiary/aromatic N) is 4. The molecule has 0 aliphatic rings. The number of hydrogen-bond donors (Lipinski definition) is 6. The molecule has 0 radical (unpaired) electrons. The standard InChI is InChI=1S/C30H66N4O11/c1-6-27(42-22-37)15-32(16-28(7-2)43-23-38)12-9-31(10-13-33(20-35)17-29(8-3)44-24-39)11-14-34(21-36)18-30(45-25-40)19-41-26(4)5/h26-30,35-40H,6-25H2,1-5H3. The van der Waals surface area contributed by atoms with Gasteiger partial charge in [0.15, 0.2) is 0 Å². The van der Waals surface area contributed by atoms with Crippen LogP contribution in [0.4, 0.5) is 0 Å². The van der Waals surface area contributed by atoms with E-state index in [1.807, 2.05) is 44.4 Å². The van der Waals surface area contributed by atoms with Crippen molar-refractivity contribution in [3.05, 3.63) is 0 Å². The van der Waals surface area contributed by atoms with Crippen molar-refractivity contribution in [2.75, 3.05) is 113 Å². The molecule has 15 heteroatoms. The smallest absolute Gasteiger partial charge is 0.144 e. The average molecular weight is 659 g/mol. The highest BCUT2D eigenvalue weighted by atomic mass is 16.6. The zero-order chi connectivity index (χ0) is 33.9. The lowest BCUT2D eigenvalue weighted by Crippen LogP contribution is -2.48. The van der Waals surface area contributed by atoms with Crippen LogP contribution in [0.15, 0.2) is 0 Å². The molecule has 0 amide bonds. The largest absolute Gasteiger partial charge is 0.381 e. The third-order valence-corrected chi connectivity index (χ3v) is 7.67. The molecule has 0 saturated heterocycles. The summed E-state index contributed by atoms with van der Waals surface area (Å²) in [5.74, 6) is 0. The lowest BCUT2D eigenvalue weighted by molar-refractivity contribution is -0.104. The Bertz CT molecular complexity index is 629. The fourth-order valence-corrected chi connectivity index (χ4v) is 4.81. The third-order valence-electron chi connectivity index (χ3n) is 7.67. The Morgan fingerprint density at radius 1 is 0.422 bits per heavy atom. The Balaban J connectivity index is 5.72. The van der Waals surface area contributed by atoms with Crippen LogP contribution in [0.2, 0.25) is 0 Å². The highest BCUT2D eigenvalue weighted by Crippen LogP contribution is 2.09. The molecule has 0 saturated carbocycles. The fourth-order valence-electron chi connectivity index (χ4n) is 4.81. The van der Waals surface area contributed by atoms with Gasteiger partial charge in [-0.1, -0.05) is 20.8 Å². The minimum atomic E-state index is -0.444. The fraction of sp³-hybridized carbons (Fsp3) is 1.00. The Labute approximate surface area is 271 Å². The molecular weight excluding hydrogens is 592 g/mol. The summed E-state index contributed by atoms with van der Waals surface area (Å²) in [4.78, 5) is 8.17. The van der Waals surface area contributed by atoms with E-state index in [2.05, 4.69) is 9.80 Å². The van der Waals surface area contributed by atoms with Gasteiger partial charge < -0.3 is 54.3 Å². The minimum Gasteiger partial charge on any atom is -0.381 e. The van der Waals surface area contributed by atoms with E-state index in [9.17, 15) is 30.6 Å². The van der Waals surface area contributed by atoms with Crippen LogP contribution in [0.5, 0.6) is 0 Å². The van der Waals surface area contributed by atoms with E-state index in [1.165, 1.54) is 0 Å². The van der Waals surface area contributed by atoms with Gasteiger partial charge in [-0.15, -0.1) is 0 Å². The van der Waals surface area contributed by atoms with Gasteiger partial charge in [-0.25, -0.2) is 0 Å². The van der Waals surface area contributed by atoms with Gasteiger partial charge in [-0.05, 0) is 33.1 Å². The molecule has 0 spiro atoms. The van der Waals surface area contributed by atoms with E-state index in [0.717, 1.165) is 12.8 Å². The first-order chi connectivity index (χ1) is 21.7. The molecule has 0 aliphatic heterocycles. The number of aliphatic hydroxyl groups is 6. The molecule has 0 bridgehead atoms. The highest BCUT2D eigenvalue weighted by molar-refractivity contribution is 4.74. The van der Waals surface area contributed by atoms with E-state index in [1.54, 1.807) is 0 Å². The molecule has 4 unspecified atom stereocenters. The molecular formula is C30H66N4O11. The molecule has 0 aromatic carbocycles. The van der Waals surface area contributed by atoms with E-state index in [4.69, 9.17) is 23.7 Å². The Morgan fingerprint density at radius 3 is 1.07 bits per heavy atom. The summed E-state index contributed by atoms with van der Waals surface area (Å²) >= 11 is 0. The lowest BCUT2D eigenvalue weighted by atomic mass is 10.2. The van der Waals surface area contributed by atoms with Crippen molar-refractivity contribution in [1.29, 1.82) is 0 Å². The second-order valence-corrected chi connectivity index (χ2v) is 11.3. The summed E-state index contributed by atoms with van der Waals surface area (Å²) in [5.41, 5.74) is 0. The molecule has 0 heterocycles. The van der Waals surface area contributed by atoms with Crippen molar-refractivity contribution in [3.8, 4) is 0 Å². The van der Waals surface area contributed by atoms with Crippen LogP contribution in [0.1, 0.15) is 53.9 Å². The van der Waals surface area contributed by atoms with Gasteiger partial charge in [0.1, 0.15) is 27.2 Å². The first-order valence-electron chi connectivity index (χ1n) is 16.4. The second-order valence-electron chi connectivity index (χ2n) is 11.3. The van der Waals surface area contributed by atoms with Gasteiger partial charge in [0.2, 0.25) is 0 Å². The summed E-state index contributed by atoms with van der Waals surface area (Å²) in [7, 11) is 0. The molecule has 0 aromatic heterocycles. The predicted molar refractivity (Wildman–Crippen MR) is 170 cm³/mol. The van der Waals surface area contributed by atoms with E-state index in [0.29, 0.717) is 71.9 Å². The zero-order valence-electron chi connectivity index (χ0n) is 28.5. The third kappa shape index (κ3) is 22.6. The molecule has 0 fully saturated rings. The zero-order valence-corrected chi connectivity index (χ0v) is 28.5. The van der Waals surface area contributed by atoms with Gasteiger partial charge >= 0.3 is 0 Å². The molecule has 272 valence electrons. The quantitative estimate of drug-likeness (QED) is 0.0477. The monoisotopic (exact) mass is 658 g/mol. The predicted octanol–water partition coefficient (Wildman–Crippen LogP) is -0.911. The molecule has 0 aromatic rings. The number of hydrogen-bond acceptors (Lipinski definition) is 15. The molecule has 0 rings (SSSR count). The number of ether oxygens (including phenoxy) is 5. The molecule has 0 aliphatic carbocycles. The van der Waals surface area contributed by atoms with Crippen LogP contribution in [0.3, 0.4) is 0 Å². The molecule has 6 N–H and O–H groups in total. The van der Waals surface area contributed by atoms with Gasteiger partial charge in [0, 0.05) is 65.4 Å². The van der Waals surface area contributed by atoms with Crippen LogP contribution in [0, 0.1) is 0 Å². The van der Waals surface area contributed by atoms with Crippen molar-refractivity contribution < 1.29 is 54.3 Å². The normalized spacial score (nSPS) is 15.2. The Kier molecular flexibility index (Phi) is 29.1. The highest BCUT2D eigenvalue weighted by Gasteiger charge is 2.21. The van der Waals surface area contributed by atoms with Crippen molar-refractivity contribution in [1.82, 2.24) is 19.6 Å². The first-order valence-corrected chi connectivity index (χ1v) is 16.4. The summed E-state index contributed by atoms with van der Waals surface area (Å²) in [5, 5.41) is 57.5. The van der Waals surface area contributed by atoms with E-state index < -0.39 is 12.9 Å². The van der Waals surface area contributed by atoms with Crippen LogP contribution in [-0.2, 0) is 23.7 Å². The van der Waals surface area contributed by atoms with Crippen LogP contribution >= 0.6 is 0 Å². The van der Waals surface area contributed by atoms with E-state index in [-0.39, 0.29) is 64.9 Å². The summed E-state index contributed by atoms with van der Waals surface area (Å²) in [6.07, 6.45) is 1.20. The maximum absolute atomic E-state index is 10.1. The first kappa shape index (κ1) is 44.4. The van der Waals surface area contributed by atoms with Crippen molar-refractivity contribution in [2.24, 2.45) is 0 Å². The Morgan fingerprint density at radius 2 is 0.733 bits per heavy atom. The molecule has 45 heavy (non-hydrogen) atoms. The SMILES string of the molecule is CCC(CN(CO)CCN(CCN(CO)CC(COC(C)C)OCO)CCN(CC(CC)OCO)CC(CC)OCO)OCO. The minimum absolute atomic E-state index is 0.00512. The van der Waals surface area contributed by atoms with Crippen LogP contribution < -0.4 is 0 Å². The average Bonchev–Trinajstić information content (AvgIpc) is 3.03. The Hall–Kier alpha value is -0.600. The summed E-state index contributed by atoms with van der Waals surface area (Å²) < 4.78 is 27.5. The maximum atomic E-state index is 10.1. The lowest BCUT2D eigenvalue weighted by Gasteiger charge is -2.34. The van der Waals surface area contributed by atoms with E-state index >= 15 is 0 Å². The van der Waals surface area contributed by atoms with Gasteiger partial charge in [0.05, 0.1) is 50.6 Å². The second kappa shape index (κ2) is 29.5. The van der Waals surface area contributed by atoms with Crippen LogP contribution in [0.25, 0.3) is 0 Å². The molecule has 15 nitrogen and oxygen atoms in total. The number of rotatable bonds is 33. The summed E-state index contributed by atoms with van der Waals surface area (Å²) in [6.45, 7) is 13.8. The maximum Gasteiger partial charge on any atom is 0.144 e. The van der Waals surface area contributed by atoms with Crippen molar-refractivity contribution in [2.45, 2.75) is 84.4 Å². The topological polar surface area (TPSA) is 180 Å². The molecule has 4 atom stereocenters. The van der Waals surface area contributed by atoms with Crippen LogP contribution in [-0.4, -0.2) is 193 Å². The van der Waals surface area contributed by atoms with Crippen molar-refractivity contribution in [3.63, 3.8) is 0 Å². The van der Waals surface area contributed by atoms with Gasteiger partial charge in [-0.3, -0.25) is 19.6 Å². The number of aliphatic hydroxyl groups excluding tert-OH is 6. The summed E-state index contributed by atoms with van der Waals surface area (Å²) in [6, 6.07) is 0.